The Morgan fingerprint density at radius 1 is 1.09 bits per heavy atom. The predicted molar refractivity (Wildman–Crippen MR) is 83.7 cm³/mol. The van der Waals surface area contributed by atoms with E-state index in [4.69, 9.17) is 16.3 Å². The molecule has 0 saturated heterocycles. The molecule has 0 aliphatic heterocycles. The van der Waals surface area contributed by atoms with Crippen LogP contribution in [0.2, 0.25) is 5.02 Å². The second kappa shape index (κ2) is 6.91. The molecule has 1 heterocycles. The zero-order valence-corrected chi connectivity index (χ0v) is 12.4. The topological polar surface area (TPSA) is 75.7 Å². The summed E-state index contributed by atoms with van der Waals surface area (Å²) in [5, 5.41) is 17.3. The summed E-state index contributed by atoms with van der Waals surface area (Å²) in [6, 6.07) is 15.5. The first kappa shape index (κ1) is 14.3. The summed E-state index contributed by atoms with van der Waals surface area (Å²) >= 11 is 5.86. The molecule has 3 rings (SSSR count). The lowest BCUT2D eigenvalue weighted by Gasteiger charge is -2.08. The van der Waals surface area contributed by atoms with E-state index in [1.807, 2.05) is 48.5 Å². The summed E-state index contributed by atoms with van der Waals surface area (Å²) in [4.78, 5) is 0. The lowest BCUT2D eigenvalue weighted by molar-refractivity contribution is 0.306. The van der Waals surface area contributed by atoms with Crippen LogP contribution in [0.5, 0.6) is 5.75 Å². The van der Waals surface area contributed by atoms with E-state index in [0.29, 0.717) is 19.1 Å². The van der Waals surface area contributed by atoms with Crippen molar-refractivity contribution in [3.8, 4) is 5.75 Å². The van der Waals surface area contributed by atoms with E-state index >= 15 is 0 Å². The minimum atomic E-state index is 0.465. The fraction of sp³-hybridized carbons (Fsp3) is 0.133. The van der Waals surface area contributed by atoms with Crippen molar-refractivity contribution >= 4 is 17.5 Å². The number of aromatic nitrogens is 4. The van der Waals surface area contributed by atoms with Crippen LogP contribution in [0.1, 0.15) is 11.1 Å². The number of rotatable bonds is 6. The van der Waals surface area contributed by atoms with Gasteiger partial charge in [-0.05, 0) is 40.6 Å². The molecule has 0 amide bonds. The first-order valence-electron chi connectivity index (χ1n) is 6.73. The molecule has 0 radical (unpaired) electrons. The quantitative estimate of drug-likeness (QED) is 0.731. The summed E-state index contributed by atoms with van der Waals surface area (Å²) in [6.45, 7) is 1.09. The monoisotopic (exact) mass is 315 g/mol. The van der Waals surface area contributed by atoms with Crippen LogP contribution in [-0.4, -0.2) is 20.6 Å². The lowest BCUT2D eigenvalue weighted by Crippen LogP contribution is -2.02. The number of ether oxygens (including phenoxy) is 1. The van der Waals surface area contributed by atoms with Crippen molar-refractivity contribution < 1.29 is 4.74 Å². The minimum absolute atomic E-state index is 0.465. The highest BCUT2D eigenvalue weighted by Gasteiger charge is 2.01. The van der Waals surface area contributed by atoms with Crippen molar-refractivity contribution in [1.82, 2.24) is 20.6 Å². The van der Waals surface area contributed by atoms with Gasteiger partial charge in [0.1, 0.15) is 12.4 Å². The van der Waals surface area contributed by atoms with Crippen molar-refractivity contribution in [2.45, 2.75) is 13.2 Å². The van der Waals surface area contributed by atoms with Crippen LogP contribution in [0, 0.1) is 0 Å². The van der Waals surface area contributed by atoms with E-state index in [9.17, 15) is 0 Å². The van der Waals surface area contributed by atoms with Crippen molar-refractivity contribution in [3.05, 3.63) is 64.7 Å². The number of H-pyrrole nitrogens is 1. The molecule has 0 saturated carbocycles. The Labute approximate surface area is 132 Å². The van der Waals surface area contributed by atoms with E-state index in [1.165, 1.54) is 0 Å². The number of nitrogens with one attached hydrogen (secondary N) is 2. The van der Waals surface area contributed by atoms with Crippen molar-refractivity contribution in [2.75, 3.05) is 5.32 Å². The highest BCUT2D eigenvalue weighted by Crippen LogP contribution is 2.17. The first-order valence-corrected chi connectivity index (χ1v) is 7.11. The van der Waals surface area contributed by atoms with Gasteiger partial charge in [-0.2, -0.15) is 5.21 Å². The Morgan fingerprint density at radius 3 is 2.73 bits per heavy atom. The second-order valence-electron chi connectivity index (χ2n) is 4.65. The summed E-state index contributed by atoms with van der Waals surface area (Å²) < 4.78 is 5.79. The molecule has 0 spiro atoms. The summed E-state index contributed by atoms with van der Waals surface area (Å²) in [5.74, 6) is 1.27. The molecule has 22 heavy (non-hydrogen) atoms. The van der Waals surface area contributed by atoms with E-state index in [0.717, 1.165) is 21.9 Å². The van der Waals surface area contributed by atoms with E-state index in [1.54, 1.807) is 0 Å². The van der Waals surface area contributed by atoms with E-state index in [2.05, 4.69) is 25.9 Å². The molecule has 0 unspecified atom stereocenters. The number of hydrogen-bond acceptors (Lipinski definition) is 5. The number of aromatic amines is 1. The molecule has 0 bridgehead atoms. The smallest absolute Gasteiger partial charge is 0.263 e. The largest absolute Gasteiger partial charge is 0.489 e. The molecule has 6 nitrogen and oxygen atoms in total. The average Bonchev–Trinajstić information content (AvgIpc) is 3.06. The number of benzene rings is 2. The minimum Gasteiger partial charge on any atom is -0.489 e. The third kappa shape index (κ3) is 3.95. The molecule has 0 aliphatic rings. The van der Waals surface area contributed by atoms with Crippen LogP contribution in [0.4, 0.5) is 5.95 Å². The molecule has 0 fully saturated rings. The van der Waals surface area contributed by atoms with Gasteiger partial charge in [-0.1, -0.05) is 41.0 Å². The third-order valence-electron chi connectivity index (χ3n) is 3.01. The Hall–Kier alpha value is -2.60. The van der Waals surface area contributed by atoms with Crippen molar-refractivity contribution in [2.24, 2.45) is 0 Å². The maximum atomic E-state index is 5.86. The lowest BCUT2D eigenvalue weighted by atomic mass is 10.2. The molecule has 0 aliphatic carbocycles. The molecule has 2 N–H and O–H groups in total. The van der Waals surface area contributed by atoms with Crippen LogP contribution in [0.3, 0.4) is 0 Å². The summed E-state index contributed by atoms with van der Waals surface area (Å²) in [7, 11) is 0. The van der Waals surface area contributed by atoms with Gasteiger partial charge in [0.15, 0.2) is 0 Å². The predicted octanol–water partition coefficient (Wildman–Crippen LogP) is 3.04. The standard InChI is InChI=1S/C15H14ClN5O/c16-13-6-4-11(5-7-13)10-22-14-3-1-2-12(8-14)9-17-15-18-20-21-19-15/h1-8H,9-10H2,(H2,17,18,19,20,21). The molecule has 7 heteroatoms. The number of anilines is 1. The van der Waals surface area contributed by atoms with Crippen LogP contribution in [-0.2, 0) is 13.2 Å². The SMILES string of the molecule is Clc1ccc(COc2cccc(CNc3nn[nH]n3)c2)cc1. The van der Waals surface area contributed by atoms with Crippen LogP contribution < -0.4 is 10.1 Å². The summed E-state index contributed by atoms with van der Waals surface area (Å²) in [6.07, 6.45) is 0. The van der Waals surface area contributed by atoms with E-state index < -0.39 is 0 Å². The Bertz CT molecular complexity index is 715. The van der Waals surface area contributed by atoms with Gasteiger partial charge in [0.2, 0.25) is 0 Å². The normalized spacial score (nSPS) is 10.4. The van der Waals surface area contributed by atoms with Gasteiger partial charge in [0.25, 0.3) is 5.95 Å². The van der Waals surface area contributed by atoms with Crippen molar-refractivity contribution in [3.63, 3.8) is 0 Å². The third-order valence-corrected chi connectivity index (χ3v) is 3.27. The van der Waals surface area contributed by atoms with E-state index in [-0.39, 0.29) is 0 Å². The maximum Gasteiger partial charge on any atom is 0.263 e. The molecular weight excluding hydrogens is 302 g/mol. The van der Waals surface area contributed by atoms with Gasteiger partial charge >= 0.3 is 0 Å². The Morgan fingerprint density at radius 2 is 1.95 bits per heavy atom. The first-order chi connectivity index (χ1) is 10.8. The summed E-state index contributed by atoms with van der Waals surface area (Å²) in [5.41, 5.74) is 2.14. The number of nitrogens with zero attached hydrogens (tertiary/aromatic N) is 3. The van der Waals surface area contributed by atoms with Gasteiger partial charge in [-0.25, -0.2) is 0 Å². The number of tetrazole rings is 1. The zero-order chi connectivity index (χ0) is 15.2. The molecule has 1 aromatic heterocycles. The molecule has 2 aromatic carbocycles. The molecule has 0 atom stereocenters. The fourth-order valence-corrected chi connectivity index (χ4v) is 2.04. The van der Waals surface area contributed by atoms with Crippen LogP contribution >= 0.6 is 11.6 Å². The highest BCUT2D eigenvalue weighted by molar-refractivity contribution is 6.30. The van der Waals surface area contributed by atoms with Crippen molar-refractivity contribution in [1.29, 1.82) is 0 Å². The number of halogens is 1. The number of hydrogen-bond donors (Lipinski definition) is 2. The van der Waals surface area contributed by atoms with Gasteiger partial charge in [-0.3, -0.25) is 0 Å². The zero-order valence-electron chi connectivity index (χ0n) is 11.7. The van der Waals surface area contributed by atoms with Crippen LogP contribution in [0.15, 0.2) is 48.5 Å². The highest BCUT2D eigenvalue weighted by atomic mass is 35.5. The van der Waals surface area contributed by atoms with Gasteiger partial charge in [0, 0.05) is 11.6 Å². The molecule has 3 aromatic rings. The second-order valence-corrected chi connectivity index (χ2v) is 5.09. The average molecular weight is 316 g/mol. The molecule has 112 valence electrons. The fourth-order valence-electron chi connectivity index (χ4n) is 1.91. The molecular formula is C15H14ClN5O. The Balaban J connectivity index is 1.57. The van der Waals surface area contributed by atoms with Gasteiger partial charge < -0.3 is 10.1 Å². The Kier molecular flexibility index (Phi) is 4.50. The van der Waals surface area contributed by atoms with Crippen LogP contribution in [0.25, 0.3) is 0 Å². The maximum absolute atomic E-state index is 5.86. The van der Waals surface area contributed by atoms with Gasteiger partial charge in [-0.15, -0.1) is 5.10 Å². The van der Waals surface area contributed by atoms with Gasteiger partial charge in [0.05, 0.1) is 0 Å².